The highest BCUT2D eigenvalue weighted by Crippen LogP contribution is 2.30. The lowest BCUT2D eigenvalue weighted by molar-refractivity contribution is -0.154. The van der Waals surface area contributed by atoms with Crippen molar-refractivity contribution in [1.29, 1.82) is 0 Å². The highest BCUT2D eigenvalue weighted by molar-refractivity contribution is 5.96. The fourth-order valence-electron chi connectivity index (χ4n) is 3.42. The number of nitrogens with zero attached hydrogens (tertiary/aromatic N) is 1. The summed E-state index contributed by atoms with van der Waals surface area (Å²) in [4.78, 5) is 35.7. The Labute approximate surface area is 196 Å². The van der Waals surface area contributed by atoms with Gasteiger partial charge < -0.3 is 15.4 Å². The van der Waals surface area contributed by atoms with Crippen LogP contribution in [0.2, 0.25) is 0 Å². The molecule has 0 saturated carbocycles. The first-order chi connectivity index (χ1) is 16.3. The second-order valence-electron chi connectivity index (χ2n) is 7.66. The number of methoxy groups -OCH3 is 1. The average molecular weight is 478 g/mol. The molecule has 1 atom stereocenters. The first-order valence-corrected chi connectivity index (χ1v) is 10.9. The van der Waals surface area contributed by atoms with Crippen LogP contribution in [-0.4, -0.2) is 48.8 Å². The van der Waals surface area contributed by atoms with E-state index in [-0.39, 0.29) is 36.3 Å². The number of unbranched alkanes of at least 4 members (excludes halogenated alkanes) is 2. The Kier molecular flexibility index (Phi) is 10.4. The van der Waals surface area contributed by atoms with Crippen molar-refractivity contribution in [2.75, 3.05) is 20.3 Å². The molecule has 1 unspecified atom stereocenters. The number of carbonyl (C=O) groups is 3. The van der Waals surface area contributed by atoms with Crippen molar-refractivity contribution in [2.24, 2.45) is 5.92 Å². The summed E-state index contributed by atoms with van der Waals surface area (Å²) in [5, 5.41) is 14.7. The molecule has 0 spiro atoms. The van der Waals surface area contributed by atoms with E-state index in [2.05, 4.69) is 10.6 Å². The van der Waals surface area contributed by atoms with Crippen LogP contribution in [-0.2, 0) is 9.59 Å². The summed E-state index contributed by atoms with van der Waals surface area (Å²) in [6, 6.07) is 7.89. The zero-order valence-electron chi connectivity index (χ0n) is 19.1. The van der Waals surface area contributed by atoms with Crippen molar-refractivity contribution < 1.29 is 33.1 Å². The Morgan fingerprint density at radius 1 is 1.15 bits per heavy atom. The van der Waals surface area contributed by atoms with Crippen LogP contribution in [0.5, 0.6) is 5.75 Å². The molecule has 0 aliphatic rings. The number of hydrogen-bond donors (Lipinski definition) is 3. The van der Waals surface area contributed by atoms with E-state index in [9.17, 15) is 24.0 Å². The zero-order chi connectivity index (χ0) is 25.1. The second kappa shape index (κ2) is 13.2. The Balaban J connectivity index is 2.06. The first-order valence-electron chi connectivity index (χ1n) is 10.9. The third-order valence-electron chi connectivity index (χ3n) is 5.27. The molecule has 8 nitrogen and oxygen atoms in total. The number of halogens is 2. The number of benzene rings is 2. The molecule has 184 valence electrons. The van der Waals surface area contributed by atoms with Crippen LogP contribution in [0.4, 0.5) is 8.78 Å². The maximum Gasteiger partial charge on any atom is 0.255 e. The number of carbonyl (C=O) groups excluding carboxylic acids is 3. The Morgan fingerprint density at radius 2 is 1.91 bits per heavy atom. The van der Waals surface area contributed by atoms with E-state index in [4.69, 9.17) is 4.74 Å². The standard InChI is InChI=1S/C24H29F2N3O5/c1-3-4-5-7-16(13-29(33)15-30)23(31)27-14-28-24(32)19-9-6-8-18(22(19)26)20-12-17(34-2)10-11-21(20)25/h6,8-12,15-16,33H,3-5,7,13-14H2,1-2H3,(H,27,31)(H,28,32). The van der Waals surface area contributed by atoms with Gasteiger partial charge in [-0.25, -0.2) is 13.8 Å². The van der Waals surface area contributed by atoms with Gasteiger partial charge in [0, 0.05) is 11.1 Å². The third kappa shape index (κ3) is 7.24. The Bertz CT molecular complexity index is 1000. The van der Waals surface area contributed by atoms with Crippen molar-refractivity contribution in [1.82, 2.24) is 15.7 Å². The molecule has 0 saturated heterocycles. The molecular weight excluding hydrogens is 448 g/mol. The first kappa shape index (κ1) is 26.7. The van der Waals surface area contributed by atoms with E-state index in [0.29, 0.717) is 17.2 Å². The average Bonchev–Trinajstić information content (AvgIpc) is 2.83. The van der Waals surface area contributed by atoms with Gasteiger partial charge in [-0.3, -0.25) is 19.6 Å². The molecule has 2 rings (SSSR count). The van der Waals surface area contributed by atoms with Crippen molar-refractivity contribution in [3.05, 3.63) is 53.6 Å². The largest absolute Gasteiger partial charge is 0.497 e. The van der Waals surface area contributed by atoms with Gasteiger partial charge in [0.1, 0.15) is 17.4 Å². The molecule has 0 radical (unpaired) electrons. The van der Waals surface area contributed by atoms with Gasteiger partial charge in [-0.05, 0) is 30.7 Å². The maximum absolute atomic E-state index is 15.1. The van der Waals surface area contributed by atoms with E-state index in [1.165, 1.54) is 37.4 Å². The quantitative estimate of drug-likeness (QED) is 0.135. The Hall–Kier alpha value is -3.53. The second-order valence-corrected chi connectivity index (χ2v) is 7.66. The molecule has 0 heterocycles. The zero-order valence-corrected chi connectivity index (χ0v) is 19.1. The molecule has 10 heteroatoms. The van der Waals surface area contributed by atoms with Crippen LogP contribution < -0.4 is 15.4 Å². The normalized spacial score (nSPS) is 11.4. The van der Waals surface area contributed by atoms with Gasteiger partial charge in [0.25, 0.3) is 5.91 Å². The summed E-state index contributed by atoms with van der Waals surface area (Å²) in [5.74, 6) is -3.20. The van der Waals surface area contributed by atoms with Gasteiger partial charge in [0.2, 0.25) is 12.3 Å². The molecule has 0 aromatic heterocycles. The van der Waals surface area contributed by atoms with Gasteiger partial charge in [-0.2, -0.15) is 0 Å². The lowest BCUT2D eigenvalue weighted by Gasteiger charge is -2.19. The summed E-state index contributed by atoms with van der Waals surface area (Å²) in [5.41, 5.74) is -0.490. The lowest BCUT2D eigenvalue weighted by atomic mass is 10.00. The summed E-state index contributed by atoms with van der Waals surface area (Å²) in [6.45, 7) is 1.52. The van der Waals surface area contributed by atoms with Gasteiger partial charge in [-0.15, -0.1) is 0 Å². The van der Waals surface area contributed by atoms with Gasteiger partial charge in [0.05, 0.1) is 31.8 Å². The maximum atomic E-state index is 15.1. The number of amides is 3. The minimum Gasteiger partial charge on any atom is -0.497 e. The lowest BCUT2D eigenvalue weighted by Crippen LogP contribution is -2.43. The summed E-state index contributed by atoms with van der Waals surface area (Å²) >= 11 is 0. The van der Waals surface area contributed by atoms with Crippen LogP contribution in [0.25, 0.3) is 11.1 Å². The van der Waals surface area contributed by atoms with Gasteiger partial charge in [-0.1, -0.05) is 38.3 Å². The Morgan fingerprint density at radius 3 is 2.59 bits per heavy atom. The fourth-order valence-corrected chi connectivity index (χ4v) is 3.42. The van der Waals surface area contributed by atoms with E-state index in [0.717, 1.165) is 25.3 Å². The van der Waals surface area contributed by atoms with Gasteiger partial charge >= 0.3 is 0 Å². The number of nitrogens with one attached hydrogen (secondary N) is 2. The highest BCUT2D eigenvalue weighted by atomic mass is 19.1. The monoisotopic (exact) mass is 477 g/mol. The summed E-state index contributed by atoms with van der Waals surface area (Å²) < 4.78 is 34.4. The van der Waals surface area contributed by atoms with Crippen molar-refractivity contribution >= 4 is 18.2 Å². The number of hydroxylamine groups is 2. The van der Waals surface area contributed by atoms with Crippen molar-refractivity contribution in [3.8, 4) is 16.9 Å². The van der Waals surface area contributed by atoms with Crippen molar-refractivity contribution in [2.45, 2.75) is 32.6 Å². The molecule has 2 aromatic carbocycles. The van der Waals surface area contributed by atoms with E-state index < -0.39 is 29.4 Å². The molecule has 0 fully saturated rings. The molecule has 0 bridgehead atoms. The molecular formula is C24H29F2N3O5. The van der Waals surface area contributed by atoms with Crippen LogP contribution in [0.3, 0.4) is 0 Å². The molecule has 0 aliphatic heterocycles. The minimum atomic E-state index is -0.919. The van der Waals surface area contributed by atoms with Gasteiger partial charge in [0.15, 0.2) is 0 Å². The van der Waals surface area contributed by atoms with Crippen LogP contribution in [0.15, 0.2) is 36.4 Å². The number of ether oxygens (including phenoxy) is 1. The molecule has 34 heavy (non-hydrogen) atoms. The van der Waals surface area contributed by atoms with E-state index in [1.54, 1.807) is 0 Å². The fraction of sp³-hybridized carbons (Fsp3) is 0.375. The number of rotatable bonds is 13. The van der Waals surface area contributed by atoms with Crippen LogP contribution in [0, 0.1) is 17.6 Å². The SMILES string of the molecule is CCCCCC(CN(O)C=O)C(=O)NCNC(=O)c1cccc(-c2cc(OC)ccc2F)c1F. The smallest absolute Gasteiger partial charge is 0.255 e. The predicted octanol–water partition coefficient (Wildman–Crippen LogP) is 3.49. The highest BCUT2D eigenvalue weighted by Gasteiger charge is 2.22. The summed E-state index contributed by atoms with van der Waals surface area (Å²) in [6.07, 6.45) is 3.21. The van der Waals surface area contributed by atoms with E-state index in [1.807, 2.05) is 6.92 Å². The van der Waals surface area contributed by atoms with E-state index >= 15 is 4.39 Å². The molecule has 3 amide bonds. The predicted molar refractivity (Wildman–Crippen MR) is 121 cm³/mol. The summed E-state index contributed by atoms with van der Waals surface area (Å²) in [7, 11) is 1.40. The topological polar surface area (TPSA) is 108 Å². The van der Waals surface area contributed by atoms with Crippen molar-refractivity contribution in [3.63, 3.8) is 0 Å². The van der Waals surface area contributed by atoms with Crippen LogP contribution >= 0.6 is 0 Å². The molecule has 3 N–H and O–H groups in total. The van der Waals surface area contributed by atoms with Crippen LogP contribution in [0.1, 0.15) is 43.0 Å². The molecule has 0 aliphatic carbocycles. The minimum absolute atomic E-state index is 0.0570. The number of hydrogen-bond acceptors (Lipinski definition) is 5. The molecule has 2 aromatic rings. The third-order valence-corrected chi connectivity index (χ3v) is 5.27.